The van der Waals surface area contributed by atoms with E-state index in [0.29, 0.717) is 5.69 Å². The number of rotatable bonds is 8. The Bertz CT molecular complexity index is 1370. The van der Waals surface area contributed by atoms with Crippen molar-refractivity contribution >= 4 is 17.5 Å². The highest BCUT2D eigenvalue weighted by molar-refractivity contribution is 6.02. The zero-order valence-corrected chi connectivity index (χ0v) is 20.8. The molecule has 0 saturated carbocycles. The van der Waals surface area contributed by atoms with Crippen molar-refractivity contribution < 1.29 is 43.9 Å². The van der Waals surface area contributed by atoms with Gasteiger partial charge in [-0.3, -0.25) is 23.9 Å². The maximum absolute atomic E-state index is 12.8. The van der Waals surface area contributed by atoms with Crippen LogP contribution in [0.1, 0.15) is 11.8 Å². The van der Waals surface area contributed by atoms with Crippen LogP contribution in [0.2, 0.25) is 0 Å². The van der Waals surface area contributed by atoms with Gasteiger partial charge in [0.25, 0.3) is 11.5 Å². The van der Waals surface area contributed by atoms with Crippen molar-refractivity contribution in [1.29, 1.82) is 0 Å². The van der Waals surface area contributed by atoms with Crippen LogP contribution in [-0.4, -0.2) is 86.7 Å². The van der Waals surface area contributed by atoms with Crippen molar-refractivity contribution in [2.75, 3.05) is 12.4 Å². The first-order valence-electron chi connectivity index (χ1n) is 11.8. The zero-order valence-electron chi connectivity index (χ0n) is 20.8. The minimum Gasteiger partial charge on any atom is -0.456 e. The predicted octanol–water partition coefficient (Wildman–Crippen LogP) is -2.41. The lowest BCUT2D eigenvalue weighted by Gasteiger charge is -2.35. The number of primary amides is 1. The molecule has 1 saturated heterocycles. The Morgan fingerprint density at radius 3 is 2.56 bits per heavy atom. The van der Waals surface area contributed by atoms with Gasteiger partial charge in [0.1, 0.15) is 30.5 Å². The normalized spacial score (nSPS) is 29.3. The molecular formula is C24H28N4O11. The fourth-order valence-corrected chi connectivity index (χ4v) is 4.30. The van der Waals surface area contributed by atoms with Crippen molar-refractivity contribution in [1.82, 2.24) is 9.55 Å². The first-order valence-corrected chi connectivity index (χ1v) is 11.8. The standard InChI is InChI=1S/C24H28N4O11/c1-10-4-3-5-11(8-10)26-21(34)13-9-12(29)15(31)23(37-13)39-19(20(25)33)18-17(36-2)16(32)22(38-18)28-7-6-14(30)27-24(28)35/h3-9,12,15-19,22-23,29,31-32H,1-2H3,(H2,25,33)(H,26,34)(H,27,30,35)/t12-,15-,16+,17-,18-,19+,22+,23+/m0/s1. The molecule has 39 heavy (non-hydrogen) atoms. The summed E-state index contributed by atoms with van der Waals surface area (Å²) in [6.45, 7) is 1.83. The number of nitrogens with zero attached hydrogens (tertiary/aromatic N) is 1. The number of ether oxygens (including phenoxy) is 4. The second-order valence-electron chi connectivity index (χ2n) is 8.98. The average molecular weight is 549 g/mol. The van der Waals surface area contributed by atoms with E-state index in [1.807, 2.05) is 18.0 Å². The Labute approximate surface area is 220 Å². The van der Waals surface area contributed by atoms with Gasteiger partial charge in [-0.25, -0.2) is 4.79 Å². The maximum Gasteiger partial charge on any atom is 0.330 e. The first-order chi connectivity index (χ1) is 18.5. The highest BCUT2D eigenvalue weighted by Crippen LogP contribution is 2.34. The van der Waals surface area contributed by atoms with Gasteiger partial charge in [0.2, 0.25) is 12.2 Å². The van der Waals surface area contributed by atoms with Crippen LogP contribution in [-0.2, 0) is 28.5 Å². The number of carbonyl (C=O) groups excluding carboxylic acids is 2. The molecule has 1 aromatic carbocycles. The smallest absolute Gasteiger partial charge is 0.330 e. The van der Waals surface area contributed by atoms with Crippen molar-refractivity contribution in [3.63, 3.8) is 0 Å². The molecule has 2 aliphatic rings. The molecule has 8 atom stereocenters. The number of aliphatic hydroxyl groups excluding tert-OH is 3. The van der Waals surface area contributed by atoms with Crippen LogP contribution in [0.3, 0.4) is 0 Å². The average Bonchev–Trinajstić information content (AvgIpc) is 3.19. The number of methoxy groups -OCH3 is 1. The van der Waals surface area contributed by atoms with Crippen LogP contribution >= 0.6 is 0 Å². The summed E-state index contributed by atoms with van der Waals surface area (Å²) in [7, 11) is 1.20. The van der Waals surface area contributed by atoms with Gasteiger partial charge >= 0.3 is 5.69 Å². The third-order valence-corrected chi connectivity index (χ3v) is 6.20. The van der Waals surface area contributed by atoms with Gasteiger partial charge in [0.15, 0.2) is 18.1 Å². The molecule has 1 aromatic heterocycles. The minimum absolute atomic E-state index is 0.407. The van der Waals surface area contributed by atoms with E-state index in [1.54, 1.807) is 18.2 Å². The van der Waals surface area contributed by atoms with Crippen LogP contribution in [0.15, 0.2) is 58.0 Å². The molecule has 0 unspecified atom stereocenters. The lowest BCUT2D eigenvalue weighted by atomic mass is 10.0. The molecule has 15 heteroatoms. The number of aromatic amines is 1. The second kappa shape index (κ2) is 11.5. The number of anilines is 1. The van der Waals surface area contributed by atoms with E-state index in [9.17, 15) is 34.5 Å². The molecule has 15 nitrogen and oxygen atoms in total. The molecule has 7 N–H and O–H groups in total. The summed E-state index contributed by atoms with van der Waals surface area (Å²) in [5.41, 5.74) is 5.27. The Balaban J connectivity index is 1.55. The number of amides is 2. The number of aliphatic hydroxyl groups is 3. The summed E-state index contributed by atoms with van der Waals surface area (Å²) < 4.78 is 22.9. The number of H-pyrrole nitrogens is 1. The van der Waals surface area contributed by atoms with E-state index in [2.05, 4.69) is 5.32 Å². The summed E-state index contributed by atoms with van der Waals surface area (Å²) in [4.78, 5) is 50.9. The van der Waals surface area contributed by atoms with Crippen molar-refractivity contribution in [2.45, 2.75) is 56.1 Å². The van der Waals surface area contributed by atoms with Gasteiger partial charge in [-0.2, -0.15) is 0 Å². The molecule has 1 fully saturated rings. The number of carbonyl (C=O) groups is 2. The number of benzene rings is 1. The fraction of sp³-hybridized carbons (Fsp3) is 0.417. The lowest BCUT2D eigenvalue weighted by Crippen LogP contribution is -2.53. The molecule has 2 amide bonds. The van der Waals surface area contributed by atoms with E-state index in [0.717, 1.165) is 28.5 Å². The monoisotopic (exact) mass is 548 g/mol. The molecule has 2 aromatic rings. The van der Waals surface area contributed by atoms with Crippen LogP contribution in [0, 0.1) is 6.92 Å². The van der Waals surface area contributed by atoms with Crippen LogP contribution in [0.5, 0.6) is 0 Å². The summed E-state index contributed by atoms with van der Waals surface area (Å²) >= 11 is 0. The van der Waals surface area contributed by atoms with Gasteiger partial charge in [-0.05, 0) is 30.7 Å². The van der Waals surface area contributed by atoms with Gasteiger partial charge in [-0.15, -0.1) is 0 Å². The number of nitrogens with two attached hydrogens (primary N) is 1. The summed E-state index contributed by atoms with van der Waals surface area (Å²) in [6.07, 6.45) is -10.6. The Morgan fingerprint density at radius 1 is 1.18 bits per heavy atom. The highest BCUT2D eigenvalue weighted by atomic mass is 16.7. The molecule has 2 aliphatic heterocycles. The molecule has 0 radical (unpaired) electrons. The number of hydrogen-bond acceptors (Lipinski definition) is 11. The summed E-state index contributed by atoms with van der Waals surface area (Å²) in [5, 5.41) is 34.2. The zero-order chi connectivity index (χ0) is 28.4. The molecular weight excluding hydrogens is 520 g/mol. The number of aromatic nitrogens is 2. The van der Waals surface area contributed by atoms with Crippen molar-refractivity contribution in [2.24, 2.45) is 5.73 Å². The molecule has 4 rings (SSSR count). The number of aryl methyl sites for hydroxylation is 1. The van der Waals surface area contributed by atoms with E-state index in [4.69, 9.17) is 24.7 Å². The lowest BCUT2D eigenvalue weighted by molar-refractivity contribution is -0.241. The topological polar surface area (TPSA) is 225 Å². The third kappa shape index (κ3) is 5.93. The fourth-order valence-electron chi connectivity index (χ4n) is 4.30. The van der Waals surface area contributed by atoms with Crippen LogP contribution in [0.25, 0.3) is 0 Å². The summed E-state index contributed by atoms with van der Waals surface area (Å²) in [5.74, 6) is -2.30. The highest BCUT2D eigenvalue weighted by Gasteiger charge is 2.52. The quantitative estimate of drug-likeness (QED) is 0.204. The first kappa shape index (κ1) is 28.2. The van der Waals surface area contributed by atoms with E-state index in [-0.39, 0.29) is 0 Å². The molecule has 0 spiro atoms. The molecule has 3 heterocycles. The van der Waals surface area contributed by atoms with Crippen LogP contribution in [0.4, 0.5) is 5.69 Å². The molecule has 0 aliphatic carbocycles. The van der Waals surface area contributed by atoms with E-state index in [1.165, 1.54) is 7.11 Å². The van der Waals surface area contributed by atoms with Gasteiger partial charge in [0, 0.05) is 25.1 Å². The SMILES string of the molecule is CO[C@H]1[C@@H](O)[C@H](n2ccc(=O)[nH]c2=O)O[C@@H]1[C@@H](O[C@H]1OC(C(=O)Nc2cccc(C)c2)=C[C@H](O)[C@@H]1O)C(N)=O. The Kier molecular flexibility index (Phi) is 8.29. The number of hydrogen-bond donors (Lipinski definition) is 6. The predicted molar refractivity (Wildman–Crippen MR) is 131 cm³/mol. The molecule has 0 bridgehead atoms. The number of nitrogens with one attached hydrogen (secondary N) is 2. The third-order valence-electron chi connectivity index (χ3n) is 6.20. The van der Waals surface area contributed by atoms with Crippen LogP contribution < -0.4 is 22.3 Å². The van der Waals surface area contributed by atoms with Crippen molar-refractivity contribution in [3.05, 3.63) is 74.8 Å². The minimum atomic E-state index is -1.78. The maximum atomic E-state index is 12.8. The van der Waals surface area contributed by atoms with Gasteiger partial charge in [-0.1, -0.05) is 12.1 Å². The largest absolute Gasteiger partial charge is 0.456 e. The molecule has 210 valence electrons. The summed E-state index contributed by atoms with van der Waals surface area (Å²) in [6, 6.07) is 7.90. The van der Waals surface area contributed by atoms with Gasteiger partial charge in [0.05, 0.1) is 0 Å². The van der Waals surface area contributed by atoms with Gasteiger partial charge < -0.3 is 45.3 Å². The van der Waals surface area contributed by atoms with E-state index >= 15 is 0 Å². The second-order valence-corrected chi connectivity index (χ2v) is 8.98. The Morgan fingerprint density at radius 2 is 1.92 bits per heavy atom. The Hall–Kier alpha value is -3.86. The van der Waals surface area contributed by atoms with E-state index < -0.39 is 78.0 Å². The van der Waals surface area contributed by atoms with Crippen molar-refractivity contribution in [3.8, 4) is 0 Å².